The molecule has 2 heteroatoms. The maximum Gasteiger partial charge on any atom is 0.0726 e. The molecule has 1 spiro atoms. The van der Waals surface area contributed by atoms with Crippen molar-refractivity contribution in [3.8, 4) is 55.6 Å². The zero-order valence-corrected chi connectivity index (χ0v) is 37.5. The van der Waals surface area contributed by atoms with Gasteiger partial charge in [0, 0.05) is 42.5 Å². The number of benzene rings is 10. The highest BCUT2D eigenvalue weighted by Gasteiger charge is 2.52. The quantitative estimate of drug-likeness (QED) is 0.167. The number of anilines is 3. The van der Waals surface area contributed by atoms with Crippen LogP contribution in [0.15, 0.2) is 224 Å². The van der Waals surface area contributed by atoms with E-state index >= 15 is 0 Å². The fourth-order valence-corrected chi connectivity index (χ4v) is 13.4. The minimum atomic E-state index is -0.440. The molecule has 0 atom stereocenters. The maximum absolute atomic E-state index is 2.54. The lowest BCUT2D eigenvalue weighted by molar-refractivity contribution is 0.660. The average molecular weight is 858 g/mol. The van der Waals surface area contributed by atoms with Crippen LogP contribution in [0, 0.1) is 0 Å². The molecule has 0 radical (unpaired) electrons. The Morgan fingerprint density at radius 2 is 0.879 bits per heavy atom. The van der Waals surface area contributed by atoms with Crippen LogP contribution in [-0.2, 0) is 10.8 Å². The summed E-state index contributed by atoms with van der Waals surface area (Å²) in [6, 6.07) is 84.4. The highest BCUT2D eigenvalue weighted by molar-refractivity contribution is 7.25. The first-order valence-electron chi connectivity index (χ1n) is 23.1. The molecule has 0 amide bonds. The summed E-state index contributed by atoms with van der Waals surface area (Å²) >= 11 is 1.87. The van der Waals surface area contributed by atoms with Crippen LogP contribution in [0.4, 0.5) is 17.1 Å². The molecule has 3 aliphatic carbocycles. The van der Waals surface area contributed by atoms with Crippen molar-refractivity contribution in [3.63, 3.8) is 0 Å². The predicted molar refractivity (Wildman–Crippen MR) is 279 cm³/mol. The highest BCUT2D eigenvalue weighted by Crippen LogP contribution is 2.65. The van der Waals surface area contributed by atoms with Crippen molar-refractivity contribution >= 4 is 48.6 Å². The standard InChI is InChI=1S/C64H43NS/c1-63(2)56-38-42(40-16-4-3-5-17-40)32-36-48(56)49-37-35-44(39-57(49)63)65(43-33-30-41(31-34-43)45-22-14-29-60-61(45)51-21-9-13-28-59(51)66-60)58-27-15-26-55-62(58)50-20-8-12-25-54(50)64(55)52-23-10-6-18-46(52)47-19-7-11-24-53(47)64/h3-39H,1-2H3. The molecular weight excluding hydrogens is 815 g/mol. The zero-order valence-electron chi connectivity index (χ0n) is 36.7. The average Bonchev–Trinajstić information content (AvgIpc) is 4.07. The molecular formula is C64H43NS. The SMILES string of the molecule is CC1(C)c2cc(-c3ccccc3)ccc2-c2ccc(N(c3ccc(-c4cccc5sc6ccccc6c45)cc3)c3cccc4c3-c3ccccc3C43c4ccccc4-c4ccccc43)cc21. The van der Waals surface area contributed by atoms with E-state index in [2.05, 4.69) is 243 Å². The molecule has 0 bridgehead atoms. The number of nitrogens with zero attached hydrogens (tertiary/aromatic N) is 1. The van der Waals surface area contributed by atoms with E-state index in [4.69, 9.17) is 0 Å². The number of hydrogen-bond acceptors (Lipinski definition) is 2. The van der Waals surface area contributed by atoms with Gasteiger partial charge in [0.15, 0.2) is 0 Å². The number of fused-ring (bicyclic) bond motifs is 16. The summed E-state index contributed by atoms with van der Waals surface area (Å²) in [5.74, 6) is 0. The van der Waals surface area contributed by atoms with Gasteiger partial charge in [-0.05, 0) is 132 Å². The van der Waals surface area contributed by atoms with Gasteiger partial charge in [-0.1, -0.05) is 190 Å². The summed E-state index contributed by atoms with van der Waals surface area (Å²) in [6.45, 7) is 4.80. The van der Waals surface area contributed by atoms with Crippen LogP contribution in [0.25, 0.3) is 75.8 Å². The van der Waals surface area contributed by atoms with Gasteiger partial charge in [0.05, 0.1) is 11.1 Å². The number of rotatable bonds is 5. The minimum Gasteiger partial charge on any atom is -0.310 e. The van der Waals surface area contributed by atoms with Gasteiger partial charge in [-0.15, -0.1) is 11.3 Å². The molecule has 310 valence electrons. The number of thiophene rings is 1. The molecule has 1 nitrogen and oxygen atoms in total. The topological polar surface area (TPSA) is 3.24 Å². The van der Waals surface area contributed by atoms with Gasteiger partial charge >= 0.3 is 0 Å². The Hall–Kier alpha value is -7.78. The Balaban J connectivity index is 0.991. The van der Waals surface area contributed by atoms with Crippen LogP contribution in [-0.4, -0.2) is 0 Å². The van der Waals surface area contributed by atoms with Crippen LogP contribution in [0.2, 0.25) is 0 Å². The van der Waals surface area contributed by atoms with Gasteiger partial charge in [0.2, 0.25) is 0 Å². The Morgan fingerprint density at radius 1 is 0.348 bits per heavy atom. The van der Waals surface area contributed by atoms with Crippen molar-refractivity contribution in [1.82, 2.24) is 0 Å². The Labute approximate surface area is 389 Å². The molecule has 0 N–H and O–H groups in total. The van der Waals surface area contributed by atoms with Gasteiger partial charge in [-0.25, -0.2) is 0 Å². The molecule has 14 rings (SSSR count). The first-order chi connectivity index (χ1) is 32.5. The third kappa shape index (κ3) is 5.05. The van der Waals surface area contributed by atoms with Crippen molar-refractivity contribution in [2.45, 2.75) is 24.7 Å². The molecule has 0 saturated heterocycles. The first-order valence-corrected chi connectivity index (χ1v) is 23.9. The summed E-state index contributed by atoms with van der Waals surface area (Å²) in [5, 5.41) is 2.65. The fourth-order valence-electron chi connectivity index (χ4n) is 12.2. The van der Waals surface area contributed by atoms with E-state index in [9.17, 15) is 0 Å². The summed E-state index contributed by atoms with van der Waals surface area (Å²) in [7, 11) is 0. The summed E-state index contributed by atoms with van der Waals surface area (Å²) in [6.07, 6.45) is 0. The Kier molecular flexibility index (Phi) is 7.89. The van der Waals surface area contributed by atoms with Crippen LogP contribution in [0.5, 0.6) is 0 Å². The zero-order chi connectivity index (χ0) is 43.7. The van der Waals surface area contributed by atoms with E-state index in [1.807, 2.05) is 11.3 Å². The molecule has 1 heterocycles. The van der Waals surface area contributed by atoms with Crippen molar-refractivity contribution < 1.29 is 0 Å². The molecule has 0 unspecified atom stereocenters. The molecule has 0 saturated carbocycles. The second kappa shape index (κ2) is 13.9. The lowest BCUT2D eigenvalue weighted by Crippen LogP contribution is -2.26. The fraction of sp³-hybridized carbons (Fsp3) is 0.0625. The second-order valence-corrected chi connectivity index (χ2v) is 19.8. The van der Waals surface area contributed by atoms with Gasteiger partial charge < -0.3 is 4.90 Å². The monoisotopic (exact) mass is 857 g/mol. The van der Waals surface area contributed by atoms with Crippen molar-refractivity contribution in [3.05, 3.63) is 258 Å². The molecule has 11 aromatic rings. The molecule has 0 aliphatic heterocycles. The van der Waals surface area contributed by atoms with Crippen LogP contribution in [0.3, 0.4) is 0 Å². The molecule has 0 fully saturated rings. The summed E-state index contributed by atoms with van der Waals surface area (Å²) in [5.41, 5.74) is 23.7. The molecule has 3 aliphatic rings. The lowest BCUT2D eigenvalue weighted by Gasteiger charge is -2.32. The van der Waals surface area contributed by atoms with Crippen molar-refractivity contribution in [1.29, 1.82) is 0 Å². The van der Waals surface area contributed by atoms with E-state index < -0.39 is 5.41 Å². The Bertz CT molecular complexity index is 3750. The van der Waals surface area contributed by atoms with Gasteiger partial charge in [0.25, 0.3) is 0 Å². The van der Waals surface area contributed by atoms with E-state index in [0.717, 1.165) is 11.4 Å². The normalized spacial score (nSPS) is 14.2. The number of hydrogen-bond donors (Lipinski definition) is 0. The van der Waals surface area contributed by atoms with Crippen LogP contribution >= 0.6 is 11.3 Å². The molecule has 1 aromatic heterocycles. The first kappa shape index (κ1) is 37.6. The minimum absolute atomic E-state index is 0.213. The van der Waals surface area contributed by atoms with E-state index in [0.29, 0.717) is 0 Å². The van der Waals surface area contributed by atoms with Gasteiger partial charge in [-0.2, -0.15) is 0 Å². The smallest absolute Gasteiger partial charge is 0.0726 e. The summed E-state index contributed by atoms with van der Waals surface area (Å²) < 4.78 is 2.64. The maximum atomic E-state index is 2.54. The van der Waals surface area contributed by atoms with Crippen LogP contribution in [0.1, 0.15) is 47.2 Å². The van der Waals surface area contributed by atoms with Crippen molar-refractivity contribution in [2.75, 3.05) is 4.90 Å². The largest absolute Gasteiger partial charge is 0.310 e. The van der Waals surface area contributed by atoms with Crippen molar-refractivity contribution in [2.24, 2.45) is 0 Å². The van der Waals surface area contributed by atoms with E-state index in [1.165, 1.54) is 115 Å². The second-order valence-electron chi connectivity index (χ2n) is 18.7. The molecule has 10 aromatic carbocycles. The van der Waals surface area contributed by atoms with E-state index in [-0.39, 0.29) is 5.41 Å². The van der Waals surface area contributed by atoms with Gasteiger partial charge in [0.1, 0.15) is 0 Å². The highest BCUT2D eigenvalue weighted by atomic mass is 32.1. The predicted octanol–water partition coefficient (Wildman–Crippen LogP) is 17.5. The third-order valence-corrected chi connectivity index (χ3v) is 16.2. The summed E-state index contributed by atoms with van der Waals surface area (Å²) in [4.78, 5) is 2.54. The third-order valence-electron chi connectivity index (χ3n) is 15.1. The Morgan fingerprint density at radius 3 is 1.64 bits per heavy atom. The molecule has 66 heavy (non-hydrogen) atoms. The van der Waals surface area contributed by atoms with Crippen LogP contribution < -0.4 is 4.90 Å². The lowest BCUT2D eigenvalue weighted by atomic mass is 9.70. The van der Waals surface area contributed by atoms with Gasteiger partial charge in [-0.3, -0.25) is 0 Å². The van der Waals surface area contributed by atoms with E-state index in [1.54, 1.807) is 0 Å².